The molecule has 1 aromatic carbocycles. The molecule has 128 valence electrons. The summed E-state index contributed by atoms with van der Waals surface area (Å²) < 4.78 is 5.43. The summed E-state index contributed by atoms with van der Waals surface area (Å²) in [5.74, 6) is 0.548. The molecule has 2 heterocycles. The van der Waals surface area contributed by atoms with Crippen LogP contribution in [0, 0.1) is 0 Å². The van der Waals surface area contributed by atoms with Gasteiger partial charge in [0.05, 0.1) is 29.3 Å². The highest BCUT2D eigenvalue weighted by Crippen LogP contribution is 2.31. The van der Waals surface area contributed by atoms with Crippen molar-refractivity contribution in [1.29, 1.82) is 0 Å². The zero-order valence-corrected chi connectivity index (χ0v) is 14.1. The van der Waals surface area contributed by atoms with Crippen LogP contribution in [-0.2, 0) is 13.0 Å². The lowest BCUT2D eigenvalue weighted by molar-refractivity contribution is 0.142. The van der Waals surface area contributed by atoms with Gasteiger partial charge in [0.25, 0.3) is 0 Å². The van der Waals surface area contributed by atoms with Gasteiger partial charge in [0, 0.05) is 6.42 Å². The quantitative estimate of drug-likeness (QED) is 0.671. The lowest BCUT2D eigenvalue weighted by Gasteiger charge is -2.18. The lowest BCUT2D eigenvalue weighted by atomic mass is 10.1. The maximum absolute atomic E-state index is 12.2. The summed E-state index contributed by atoms with van der Waals surface area (Å²) in [7, 11) is 0. The average Bonchev–Trinajstić information content (AvgIpc) is 3.33. The van der Waals surface area contributed by atoms with Gasteiger partial charge in [0.15, 0.2) is 0 Å². The molecule has 0 radical (unpaired) electrons. The van der Waals surface area contributed by atoms with E-state index in [-0.39, 0.29) is 12.6 Å². The Morgan fingerprint density at radius 1 is 1.32 bits per heavy atom. The van der Waals surface area contributed by atoms with Gasteiger partial charge >= 0.3 is 6.03 Å². The van der Waals surface area contributed by atoms with Crippen LogP contribution in [0.5, 0.6) is 0 Å². The van der Waals surface area contributed by atoms with Gasteiger partial charge in [-0.1, -0.05) is 30.3 Å². The number of amides is 2. The first-order chi connectivity index (χ1) is 12.2. The third-order valence-electron chi connectivity index (χ3n) is 4.20. The molecule has 3 aromatic rings. The molecule has 0 spiro atoms. The fraction of sp³-hybridized carbons (Fsp3) is 0.222. The first-order valence-corrected chi connectivity index (χ1v) is 8.87. The van der Waals surface area contributed by atoms with Crippen LogP contribution in [0.1, 0.15) is 22.9 Å². The van der Waals surface area contributed by atoms with Crippen molar-refractivity contribution >= 4 is 17.4 Å². The molecule has 6 nitrogen and oxygen atoms in total. The Bertz CT molecular complexity index is 875. The first-order valence-electron chi connectivity index (χ1n) is 7.99. The highest BCUT2D eigenvalue weighted by molar-refractivity contribution is 7.13. The van der Waals surface area contributed by atoms with Gasteiger partial charge in [-0.15, -0.1) is 11.3 Å². The fourth-order valence-electron chi connectivity index (χ4n) is 3.01. The van der Waals surface area contributed by atoms with Gasteiger partial charge in [0.1, 0.15) is 6.26 Å². The molecule has 7 heteroatoms. The second-order valence-electron chi connectivity index (χ2n) is 5.90. The van der Waals surface area contributed by atoms with Crippen LogP contribution in [0.2, 0.25) is 0 Å². The Kier molecular flexibility index (Phi) is 4.25. The zero-order valence-electron chi connectivity index (χ0n) is 13.3. The number of aliphatic hydroxyl groups is 1. The standard InChI is InChI=1S/C18H17N3O3S/c22-14-8-11-4-1-2-5-13(11)16(14)21-18(23)19-9-12-10-24-17(20-12)15-6-3-7-25-15/h1-7,10,14,16,22H,8-9H2,(H2,19,21,23). The lowest BCUT2D eigenvalue weighted by Crippen LogP contribution is -2.40. The van der Waals surface area contributed by atoms with E-state index in [4.69, 9.17) is 4.42 Å². The number of aromatic nitrogens is 1. The van der Waals surface area contributed by atoms with E-state index in [9.17, 15) is 9.90 Å². The normalized spacial score (nSPS) is 18.8. The Morgan fingerprint density at radius 3 is 3.04 bits per heavy atom. The molecule has 4 rings (SSSR count). The summed E-state index contributed by atoms with van der Waals surface area (Å²) >= 11 is 1.55. The predicted octanol–water partition coefficient (Wildman–Crippen LogP) is 2.86. The van der Waals surface area contributed by atoms with Gasteiger partial charge in [-0.3, -0.25) is 0 Å². The van der Waals surface area contributed by atoms with E-state index >= 15 is 0 Å². The minimum atomic E-state index is -0.611. The van der Waals surface area contributed by atoms with Crippen LogP contribution in [0.25, 0.3) is 10.8 Å². The van der Waals surface area contributed by atoms with E-state index in [1.54, 1.807) is 11.3 Å². The molecule has 2 unspecified atom stereocenters. The number of nitrogens with zero attached hydrogens (tertiary/aromatic N) is 1. The molecule has 0 fully saturated rings. The molecule has 1 aliphatic carbocycles. The number of carbonyl (C=O) groups excluding carboxylic acids is 1. The molecule has 0 bridgehead atoms. The molecule has 2 atom stereocenters. The van der Waals surface area contributed by atoms with Gasteiger partial charge < -0.3 is 20.2 Å². The van der Waals surface area contributed by atoms with E-state index in [2.05, 4.69) is 15.6 Å². The van der Waals surface area contributed by atoms with E-state index in [1.165, 1.54) is 6.26 Å². The summed E-state index contributed by atoms with van der Waals surface area (Å²) in [6.07, 6.45) is 1.48. The number of carbonyl (C=O) groups is 1. The van der Waals surface area contributed by atoms with Crippen molar-refractivity contribution in [3.8, 4) is 10.8 Å². The minimum Gasteiger partial charge on any atom is -0.443 e. The largest absolute Gasteiger partial charge is 0.443 e. The topological polar surface area (TPSA) is 87.4 Å². The number of urea groups is 1. The van der Waals surface area contributed by atoms with Gasteiger partial charge in [-0.25, -0.2) is 9.78 Å². The van der Waals surface area contributed by atoms with Crippen molar-refractivity contribution in [2.45, 2.75) is 25.1 Å². The van der Waals surface area contributed by atoms with Crippen molar-refractivity contribution in [3.63, 3.8) is 0 Å². The highest BCUT2D eigenvalue weighted by atomic mass is 32.1. The van der Waals surface area contributed by atoms with E-state index in [0.717, 1.165) is 16.0 Å². The Hall–Kier alpha value is -2.64. The second-order valence-corrected chi connectivity index (χ2v) is 6.84. The van der Waals surface area contributed by atoms with Crippen molar-refractivity contribution in [1.82, 2.24) is 15.6 Å². The molecule has 0 saturated heterocycles. The van der Waals surface area contributed by atoms with Crippen molar-refractivity contribution in [2.75, 3.05) is 0 Å². The summed E-state index contributed by atoms with van der Waals surface area (Å²) in [5.41, 5.74) is 2.68. The van der Waals surface area contributed by atoms with Crippen LogP contribution in [0.15, 0.2) is 52.5 Å². The van der Waals surface area contributed by atoms with Crippen molar-refractivity contribution < 1.29 is 14.3 Å². The van der Waals surface area contributed by atoms with Crippen molar-refractivity contribution in [2.24, 2.45) is 0 Å². The third-order valence-corrected chi connectivity index (χ3v) is 5.06. The van der Waals surface area contributed by atoms with Crippen LogP contribution in [-0.4, -0.2) is 22.2 Å². The van der Waals surface area contributed by atoms with Gasteiger partial charge in [0.2, 0.25) is 5.89 Å². The minimum absolute atomic E-state index is 0.255. The Morgan fingerprint density at radius 2 is 2.20 bits per heavy atom. The van der Waals surface area contributed by atoms with Crippen LogP contribution in [0.3, 0.4) is 0 Å². The number of rotatable bonds is 4. The number of hydrogen-bond donors (Lipinski definition) is 3. The predicted molar refractivity (Wildman–Crippen MR) is 94.1 cm³/mol. The number of aliphatic hydroxyl groups excluding tert-OH is 1. The van der Waals surface area contributed by atoms with Crippen LogP contribution >= 0.6 is 11.3 Å². The van der Waals surface area contributed by atoms with Crippen molar-refractivity contribution in [3.05, 3.63) is 64.9 Å². The third kappa shape index (κ3) is 3.29. The maximum atomic E-state index is 12.2. The SMILES string of the molecule is O=C(NCc1coc(-c2cccs2)n1)NC1c2ccccc2CC1O. The smallest absolute Gasteiger partial charge is 0.315 e. The van der Waals surface area contributed by atoms with E-state index < -0.39 is 12.1 Å². The van der Waals surface area contributed by atoms with Gasteiger partial charge in [-0.05, 0) is 22.6 Å². The van der Waals surface area contributed by atoms with Crippen LogP contribution < -0.4 is 10.6 Å². The number of oxazole rings is 1. The molecule has 2 amide bonds. The second kappa shape index (κ2) is 6.70. The summed E-state index contributed by atoms with van der Waals surface area (Å²) in [6, 6.07) is 10.9. The molecule has 25 heavy (non-hydrogen) atoms. The maximum Gasteiger partial charge on any atom is 0.315 e. The molecule has 3 N–H and O–H groups in total. The molecular weight excluding hydrogens is 338 g/mol. The summed E-state index contributed by atoms with van der Waals surface area (Å²) in [4.78, 5) is 17.5. The van der Waals surface area contributed by atoms with E-state index in [0.29, 0.717) is 18.0 Å². The average molecular weight is 355 g/mol. The molecule has 2 aromatic heterocycles. The summed E-state index contributed by atoms with van der Waals surface area (Å²) in [5, 5.41) is 17.7. The molecule has 0 aliphatic heterocycles. The molecular formula is C18H17N3O3S. The Labute approximate surface area is 148 Å². The van der Waals surface area contributed by atoms with Gasteiger partial charge in [-0.2, -0.15) is 0 Å². The van der Waals surface area contributed by atoms with Crippen LogP contribution in [0.4, 0.5) is 4.79 Å². The number of nitrogens with one attached hydrogen (secondary N) is 2. The van der Waals surface area contributed by atoms with E-state index in [1.807, 2.05) is 41.8 Å². The summed E-state index contributed by atoms with van der Waals surface area (Å²) in [6.45, 7) is 0.255. The number of hydrogen-bond acceptors (Lipinski definition) is 5. The number of benzene rings is 1. The molecule has 1 aliphatic rings. The zero-order chi connectivity index (χ0) is 17.2. The Balaban J connectivity index is 1.36. The number of thiophene rings is 1. The first kappa shape index (κ1) is 15.9. The highest BCUT2D eigenvalue weighted by Gasteiger charge is 2.31. The monoisotopic (exact) mass is 355 g/mol. The number of fused-ring (bicyclic) bond motifs is 1. The fourth-order valence-corrected chi connectivity index (χ4v) is 3.67. The molecule has 0 saturated carbocycles.